The second-order valence-electron chi connectivity index (χ2n) is 4.97. The van der Waals surface area contributed by atoms with Crippen molar-refractivity contribution in [3.63, 3.8) is 0 Å². The normalized spacial score (nSPS) is 11.4. The van der Waals surface area contributed by atoms with Gasteiger partial charge in [0.05, 0.1) is 6.33 Å². The minimum atomic E-state index is -3.60. The number of benzene rings is 1. The number of halogens is 1. The van der Waals surface area contributed by atoms with Crippen molar-refractivity contribution in [1.29, 1.82) is 0 Å². The third-order valence-electron chi connectivity index (χ3n) is 3.45. The summed E-state index contributed by atoms with van der Waals surface area (Å²) in [4.78, 5) is 4.01. The lowest BCUT2D eigenvalue weighted by Gasteiger charge is -2.20. The molecule has 0 saturated carbocycles. The van der Waals surface area contributed by atoms with Crippen LogP contribution in [-0.2, 0) is 23.0 Å². The van der Waals surface area contributed by atoms with E-state index in [-0.39, 0.29) is 30.5 Å². The predicted molar refractivity (Wildman–Crippen MR) is 93.1 cm³/mol. The van der Waals surface area contributed by atoms with Crippen molar-refractivity contribution < 1.29 is 8.42 Å². The molecule has 0 fully saturated rings. The summed E-state index contributed by atoms with van der Waals surface area (Å²) < 4.78 is 28.5. The largest absolute Gasteiger partial charge is 0.336 e. The Morgan fingerprint density at radius 3 is 2.48 bits per heavy atom. The van der Waals surface area contributed by atoms with Crippen LogP contribution in [0.4, 0.5) is 0 Å². The first kappa shape index (κ1) is 19.6. The number of sulfonamides is 1. The summed E-state index contributed by atoms with van der Waals surface area (Å²) in [7, 11) is -3.60. The quantitative estimate of drug-likeness (QED) is 0.775. The molecule has 23 heavy (non-hydrogen) atoms. The van der Waals surface area contributed by atoms with Crippen molar-refractivity contribution in [2.75, 3.05) is 19.6 Å². The van der Waals surface area contributed by atoms with E-state index in [1.165, 1.54) is 10.6 Å². The zero-order chi connectivity index (χ0) is 16.0. The number of hydrogen-bond donors (Lipinski definition) is 1. The number of aryl methyl sites for hydroxylation is 1. The first-order valence-electron chi connectivity index (χ1n) is 7.34. The Hall–Kier alpha value is -1.41. The van der Waals surface area contributed by atoms with Gasteiger partial charge in [0.25, 0.3) is 10.0 Å². The number of nitrogens with zero attached hydrogens (tertiary/aromatic N) is 3. The molecule has 2 N–H and O–H groups in total. The Kier molecular flexibility index (Phi) is 7.70. The summed E-state index contributed by atoms with van der Waals surface area (Å²) in [5.41, 5.74) is 6.67. The van der Waals surface area contributed by atoms with Crippen LogP contribution in [0.1, 0.15) is 12.5 Å². The van der Waals surface area contributed by atoms with Gasteiger partial charge < -0.3 is 10.3 Å². The van der Waals surface area contributed by atoms with E-state index in [9.17, 15) is 8.42 Å². The third kappa shape index (κ3) is 5.04. The highest BCUT2D eigenvalue weighted by Crippen LogP contribution is 2.14. The van der Waals surface area contributed by atoms with Crippen molar-refractivity contribution in [1.82, 2.24) is 13.9 Å². The van der Waals surface area contributed by atoms with E-state index >= 15 is 0 Å². The number of imidazole rings is 1. The number of hydrogen-bond acceptors (Lipinski definition) is 4. The van der Waals surface area contributed by atoms with Gasteiger partial charge in [-0.15, -0.1) is 12.4 Å². The Morgan fingerprint density at radius 2 is 1.91 bits per heavy atom. The van der Waals surface area contributed by atoms with E-state index in [0.29, 0.717) is 19.5 Å². The highest BCUT2D eigenvalue weighted by molar-refractivity contribution is 7.89. The maximum atomic E-state index is 12.7. The van der Waals surface area contributed by atoms with E-state index in [0.717, 1.165) is 5.56 Å². The molecular weight excluding hydrogens is 336 g/mol. The SMILES string of the molecule is CCn1cnc(S(=O)(=O)N(CCN)CCc2ccccc2)c1.Cl. The molecule has 1 aromatic carbocycles. The van der Waals surface area contributed by atoms with Crippen LogP contribution >= 0.6 is 12.4 Å². The molecule has 0 saturated heterocycles. The Balaban J connectivity index is 0.00000264. The van der Waals surface area contributed by atoms with Gasteiger partial charge in [0, 0.05) is 32.4 Å². The first-order valence-corrected chi connectivity index (χ1v) is 8.78. The van der Waals surface area contributed by atoms with Gasteiger partial charge >= 0.3 is 0 Å². The molecule has 0 unspecified atom stereocenters. The third-order valence-corrected chi connectivity index (χ3v) is 5.23. The number of aromatic nitrogens is 2. The molecule has 8 heteroatoms. The fraction of sp³-hybridized carbons (Fsp3) is 0.400. The van der Waals surface area contributed by atoms with Crippen LogP contribution in [0.5, 0.6) is 0 Å². The van der Waals surface area contributed by atoms with Crippen molar-refractivity contribution in [3.05, 3.63) is 48.4 Å². The molecule has 128 valence electrons. The van der Waals surface area contributed by atoms with Crippen LogP contribution < -0.4 is 5.73 Å². The van der Waals surface area contributed by atoms with Gasteiger partial charge in [-0.2, -0.15) is 4.31 Å². The highest BCUT2D eigenvalue weighted by Gasteiger charge is 2.25. The van der Waals surface area contributed by atoms with Gasteiger partial charge in [0.2, 0.25) is 0 Å². The molecule has 6 nitrogen and oxygen atoms in total. The van der Waals surface area contributed by atoms with Gasteiger partial charge in [-0.05, 0) is 18.9 Å². The molecule has 0 spiro atoms. The minimum absolute atomic E-state index is 0. The van der Waals surface area contributed by atoms with Gasteiger partial charge in [0.15, 0.2) is 5.03 Å². The Bertz CT molecular complexity index is 689. The van der Waals surface area contributed by atoms with E-state index in [4.69, 9.17) is 5.73 Å². The molecule has 2 rings (SSSR count). The Labute approximate surface area is 143 Å². The van der Waals surface area contributed by atoms with Crippen LogP contribution in [0, 0.1) is 0 Å². The maximum Gasteiger partial charge on any atom is 0.262 e. The average molecular weight is 359 g/mol. The van der Waals surface area contributed by atoms with Crippen molar-refractivity contribution in [3.8, 4) is 0 Å². The van der Waals surface area contributed by atoms with Gasteiger partial charge in [-0.25, -0.2) is 13.4 Å². The standard InChI is InChI=1S/C15H22N4O2S.ClH/c1-2-18-12-15(17-13-18)22(20,21)19(11-9-16)10-8-14-6-4-3-5-7-14;/h3-7,12-13H,2,8-11,16H2,1H3;1H. The first-order chi connectivity index (χ1) is 10.6. The van der Waals surface area contributed by atoms with Gasteiger partial charge in [0.1, 0.15) is 0 Å². The van der Waals surface area contributed by atoms with E-state index in [1.807, 2.05) is 37.3 Å². The molecule has 0 bridgehead atoms. The lowest BCUT2D eigenvalue weighted by molar-refractivity contribution is 0.420. The maximum absolute atomic E-state index is 12.7. The zero-order valence-electron chi connectivity index (χ0n) is 13.1. The fourth-order valence-electron chi connectivity index (χ4n) is 2.17. The number of rotatable bonds is 8. The average Bonchev–Trinajstić information content (AvgIpc) is 3.02. The summed E-state index contributed by atoms with van der Waals surface area (Å²) >= 11 is 0. The van der Waals surface area contributed by atoms with Crippen LogP contribution in [0.15, 0.2) is 47.9 Å². The second kappa shape index (κ2) is 9.02. The van der Waals surface area contributed by atoms with Crippen LogP contribution in [-0.4, -0.2) is 41.9 Å². The molecule has 1 heterocycles. The lowest BCUT2D eigenvalue weighted by atomic mass is 10.1. The molecule has 2 aromatic rings. The van der Waals surface area contributed by atoms with Gasteiger partial charge in [-0.1, -0.05) is 30.3 Å². The molecule has 0 aliphatic rings. The molecule has 1 aromatic heterocycles. The van der Waals surface area contributed by atoms with Crippen LogP contribution in [0.2, 0.25) is 0 Å². The number of nitrogens with two attached hydrogens (primary N) is 1. The summed E-state index contributed by atoms with van der Waals surface area (Å²) in [6.07, 6.45) is 3.74. The lowest BCUT2D eigenvalue weighted by Crippen LogP contribution is -2.37. The summed E-state index contributed by atoms with van der Waals surface area (Å²) in [6, 6.07) is 9.80. The van der Waals surface area contributed by atoms with E-state index in [1.54, 1.807) is 10.8 Å². The highest BCUT2D eigenvalue weighted by atomic mass is 35.5. The predicted octanol–water partition coefficient (Wildman–Crippen LogP) is 1.52. The molecule has 0 radical (unpaired) electrons. The van der Waals surface area contributed by atoms with Gasteiger partial charge in [-0.3, -0.25) is 0 Å². The summed E-state index contributed by atoms with van der Waals surface area (Å²) in [5.74, 6) is 0. The topological polar surface area (TPSA) is 81.2 Å². The molecular formula is C15H23ClN4O2S. The monoisotopic (exact) mass is 358 g/mol. The van der Waals surface area contributed by atoms with Crippen LogP contribution in [0.25, 0.3) is 0 Å². The zero-order valence-corrected chi connectivity index (χ0v) is 14.8. The molecule has 0 amide bonds. The van der Waals surface area contributed by atoms with Crippen molar-refractivity contribution in [2.45, 2.75) is 24.9 Å². The van der Waals surface area contributed by atoms with Crippen LogP contribution in [0.3, 0.4) is 0 Å². The smallest absolute Gasteiger partial charge is 0.262 e. The molecule has 0 aliphatic heterocycles. The van der Waals surface area contributed by atoms with Crippen molar-refractivity contribution >= 4 is 22.4 Å². The minimum Gasteiger partial charge on any atom is -0.336 e. The Morgan fingerprint density at radius 1 is 1.22 bits per heavy atom. The fourth-order valence-corrected chi connectivity index (χ4v) is 3.56. The second-order valence-corrected chi connectivity index (χ2v) is 6.86. The molecule has 0 atom stereocenters. The summed E-state index contributed by atoms with van der Waals surface area (Å²) in [5, 5.41) is 0.0795. The molecule has 0 aliphatic carbocycles. The van der Waals surface area contributed by atoms with Crippen molar-refractivity contribution in [2.24, 2.45) is 5.73 Å². The van der Waals surface area contributed by atoms with E-state index < -0.39 is 10.0 Å². The summed E-state index contributed by atoms with van der Waals surface area (Å²) in [6.45, 7) is 3.58. The van der Waals surface area contributed by atoms with E-state index in [2.05, 4.69) is 4.98 Å².